The van der Waals surface area contributed by atoms with Crippen molar-refractivity contribution < 1.29 is 14.7 Å². The monoisotopic (exact) mass is 252 g/mol. The Labute approximate surface area is 104 Å². The van der Waals surface area contributed by atoms with Gasteiger partial charge in [0.25, 0.3) is 0 Å². The average molecular weight is 252 g/mol. The van der Waals surface area contributed by atoms with Gasteiger partial charge in [-0.1, -0.05) is 0 Å². The molecule has 1 fully saturated rings. The van der Waals surface area contributed by atoms with E-state index < -0.39 is 5.97 Å². The summed E-state index contributed by atoms with van der Waals surface area (Å²) < 4.78 is 1.27. The van der Waals surface area contributed by atoms with Crippen LogP contribution in [0.2, 0.25) is 0 Å². The number of nitrogens with zero attached hydrogens (tertiary/aromatic N) is 3. The molecule has 0 aromatic carbocycles. The summed E-state index contributed by atoms with van der Waals surface area (Å²) in [5, 5.41) is 15.1. The Bertz CT molecular complexity index is 453. The van der Waals surface area contributed by atoms with Crippen molar-refractivity contribution in [1.82, 2.24) is 14.7 Å². The van der Waals surface area contributed by atoms with Crippen molar-refractivity contribution in [2.45, 2.75) is 31.8 Å². The Morgan fingerprint density at radius 2 is 2.33 bits per heavy atom. The van der Waals surface area contributed by atoms with E-state index in [0.717, 1.165) is 12.8 Å². The third kappa shape index (κ3) is 2.79. The number of nitrogens with one attached hydrogen (secondary N) is 1. The molecule has 1 aliphatic carbocycles. The maximum absolute atomic E-state index is 11.8. The number of urea groups is 1. The number of carbonyl (C=O) groups excluding carboxylic acids is 1. The molecule has 1 saturated carbocycles. The van der Waals surface area contributed by atoms with Crippen LogP contribution in [0, 0.1) is 0 Å². The van der Waals surface area contributed by atoms with Crippen molar-refractivity contribution in [1.29, 1.82) is 0 Å². The molecule has 0 spiro atoms. The van der Waals surface area contributed by atoms with Crippen molar-refractivity contribution >= 4 is 17.7 Å². The van der Waals surface area contributed by atoms with Crippen molar-refractivity contribution in [3.8, 4) is 0 Å². The number of carbonyl (C=O) groups is 2. The van der Waals surface area contributed by atoms with Gasteiger partial charge in [-0.25, -0.2) is 4.79 Å². The van der Waals surface area contributed by atoms with Crippen LogP contribution in [-0.4, -0.2) is 44.9 Å². The lowest BCUT2D eigenvalue weighted by Gasteiger charge is -2.34. The zero-order chi connectivity index (χ0) is 13.1. The Balaban J connectivity index is 1.90. The van der Waals surface area contributed by atoms with Crippen LogP contribution >= 0.6 is 0 Å². The molecule has 2 N–H and O–H groups in total. The average Bonchev–Trinajstić information content (AvgIpc) is 2.61. The normalized spacial score (nSPS) is 14.9. The number of hydrogen-bond donors (Lipinski definition) is 2. The van der Waals surface area contributed by atoms with Crippen LogP contribution in [0.4, 0.5) is 10.5 Å². The highest BCUT2D eigenvalue weighted by Gasteiger charge is 2.25. The summed E-state index contributed by atoms with van der Waals surface area (Å²) in [6, 6.07) is 0.133. The predicted molar refractivity (Wildman–Crippen MR) is 64.3 cm³/mol. The molecule has 18 heavy (non-hydrogen) atoms. The molecular formula is C11H16N4O3. The molecule has 0 radical (unpaired) electrons. The van der Waals surface area contributed by atoms with Gasteiger partial charge in [0.2, 0.25) is 0 Å². The minimum Gasteiger partial charge on any atom is -0.480 e. The van der Waals surface area contributed by atoms with E-state index in [4.69, 9.17) is 5.11 Å². The van der Waals surface area contributed by atoms with Crippen LogP contribution in [0.1, 0.15) is 19.3 Å². The van der Waals surface area contributed by atoms with Gasteiger partial charge in [-0.3, -0.25) is 9.48 Å². The number of hydrogen-bond acceptors (Lipinski definition) is 3. The number of aromatic nitrogens is 2. The van der Waals surface area contributed by atoms with E-state index in [1.165, 1.54) is 23.5 Å². The number of rotatable bonds is 4. The van der Waals surface area contributed by atoms with E-state index >= 15 is 0 Å². The molecule has 2 rings (SSSR count). The molecule has 1 aromatic heterocycles. The Morgan fingerprint density at radius 3 is 2.89 bits per heavy atom. The second-order valence-electron chi connectivity index (χ2n) is 4.45. The predicted octanol–water partition coefficient (Wildman–Crippen LogP) is 0.984. The van der Waals surface area contributed by atoms with Crippen LogP contribution in [0.15, 0.2) is 12.4 Å². The first-order valence-corrected chi connectivity index (χ1v) is 5.84. The van der Waals surface area contributed by atoms with Crippen molar-refractivity contribution in [2.24, 2.45) is 0 Å². The fourth-order valence-corrected chi connectivity index (χ4v) is 1.80. The zero-order valence-electron chi connectivity index (χ0n) is 10.2. The summed E-state index contributed by atoms with van der Waals surface area (Å²) in [5.74, 6) is -0.970. The lowest BCUT2D eigenvalue weighted by atomic mass is 9.92. The van der Waals surface area contributed by atoms with Gasteiger partial charge in [0.1, 0.15) is 6.54 Å². The molecular weight excluding hydrogens is 236 g/mol. The molecule has 1 aliphatic rings. The first-order valence-electron chi connectivity index (χ1n) is 5.84. The van der Waals surface area contributed by atoms with Crippen molar-refractivity contribution in [3.63, 3.8) is 0 Å². The smallest absolute Gasteiger partial charge is 0.325 e. The number of carboxylic acid groups (broad SMARTS) is 1. The van der Waals surface area contributed by atoms with Crippen LogP contribution in [-0.2, 0) is 11.3 Å². The quantitative estimate of drug-likeness (QED) is 0.836. The molecule has 7 nitrogen and oxygen atoms in total. The Morgan fingerprint density at radius 1 is 1.61 bits per heavy atom. The number of aliphatic carboxylic acids is 1. The van der Waals surface area contributed by atoms with Crippen LogP contribution < -0.4 is 5.32 Å². The van der Waals surface area contributed by atoms with Gasteiger partial charge in [0.15, 0.2) is 0 Å². The second kappa shape index (κ2) is 5.07. The largest absolute Gasteiger partial charge is 0.480 e. The highest BCUT2D eigenvalue weighted by atomic mass is 16.4. The van der Waals surface area contributed by atoms with E-state index in [0.29, 0.717) is 11.7 Å². The Hall–Kier alpha value is -2.05. The molecule has 0 bridgehead atoms. The van der Waals surface area contributed by atoms with Gasteiger partial charge >= 0.3 is 12.0 Å². The van der Waals surface area contributed by atoms with E-state index in [1.807, 2.05) is 0 Å². The number of carboxylic acids is 1. The van der Waals surface area contributed by atoms with E-state index in [1.54, 1.807) is 11.9 Å². The molecule has 0 atom stereocenters. The topological polar surface area (TPSA) is 87.5 Å². The van der Waals surface area contributed by atoms with Crippen molar-refractivity contribution in [2.75, 3.05) is 12.4 Å². The summed E-state index contributed by atoms with van der Waals surface area (Å²) in [6.07, 6.45) is 6.19. The van der Waals surface area contributed by atoms with E-state index in [9.17, 15) is 9.59 Å². The molecule has 2 amide bonds. The lowest BCUT2D eigenvalue weighted by Crippen LogP contribution is -2.43. The maximum atomic E-state index is 11.8. The van der Waals surface area contributed by atoms with E-state index in [2.05, 4.69) is 10.4 Å². The SMILES string of the molecule is CN(C(=O)Nc1cnn(CC(=O)O)c1)C1CCC1. The molecule has 1 aromatic rings. The number of amides is 2. The Kier molecular flexibility index (Phi) is 3.50. The highest BCUT2D eigenvalue weighted by Crippen LogP contribution is 2.24. The molecule has 98 valence electrons. The minimum absolute atomic E-state index is 0.186. The molecule has 1 heterocycles. The third-order valence-corrected chi connectivity index (χ3v) is 3.12. The van der Waals surface area contributed by atoms with Gasteiger partial charge in [0, 0.05) is 19.3 Å². The first kappa shape index (κ1) is 12.4. The summed E-state index contributed by atoms with van der Waals surface area (Å²) in [7, 11) is 1.76. The molecule has 0 unspecified atom stereocenters. The molecule has 7 heteroatoms. The fraction of sp³-hybridized carbons (Fsp3) is 0.545. The standard InChI is InChI=1S/C11H16N4O3/c1-14(9-3-2-4-9)11(18)13-8-5-12-15(6-8)7-10(16)17/h5-6,9H,2-4,7H2,1H3,(H,13,18)(H,16,17). The first-order chi connectivity index (χ1) is 8.56. The van der Waals surface area contributed by atoms with Gasteiger partial charge in [-0.15, -0.1) is 0 Å². The minimum atomic E-state index is -0.970. The second-order valence-corrected chi connectivity index (χ2v) is 4.45. The summed E-state index contributed by atoms with van der Waals surface area (Å²) in [5.41, 5.74) is 0.507. The fourth-order valence-electron chi connectivity index (χ4n) is 1.80. The molecule has 0 saturated heterocycles. The van der Waals surface area contributed by atoms with Crippen LogP contribution in [0.3, 0.4) is 0 Å². The van der Waals surface area contributed by atoms with Crippen molar-refractivity contribution in [3.05, 3.63) is 12.4 Å². The summed E-state index contributed by atoms with van der Waals surface area (Å²) in [4.78, 5) is 24.0. The van der Waals surface area contributed by atoms with Gasteiger partial charge < -0.3 is 15.3 Å². The maximum Gasteiger partial charge on any atom is 0.325 e. The lowest BCUT2D eigenvalue weighted by molar-refractivity contribution is -0.137. The van der Waals surface area contributed by atoms with Gasteiger partial charge in [-0.2, -0.15) is 5.10 Å². The number of anilines is 1. The van der Waals surface area contributed by atoms with E-state index in [-0.39, 0.29) is 12.6 Å². The summed E-state index contributed by atoms with van der Waals surface area (Å²) >= 11 is 0. The van der Waals surface area contributed by atoms with Gasteiger partial charge in [-0.05, 0) is 19.3 Å². The van der Waals surface area contributed by atoms with Crippen LogP contribution in [0.5, 0.6) is 0 Å². The third-order valence-electron chi connectivity index (χ3n) is 3.12. The van der Waals surface area contributed by atoms with Gasteiger partial charge in [0.05, 0.1) is 11.9 Å². The summed E-state index contributed by atoms with van der Waals surface area (Å²) in [6.45, 7) is -0.214. The van der Waals surface area contributed by atoms with Crippen LogP contribution in [0.25, 0.3) is 0 Å². The molecule has 0 aliphatic heterocycles. The zero-order valence-corrected chi connectivity index (χ0v) is 10.2. The highest BCUT2D eigenvalue weighted by molar-refractivity contribution is 5.89.